The number of benzene rings is 2. The molecule has 0 aliphatic rings. The Bertz CT molecular complexity index is 773. The average Bonchev–Trinajstić information content (AvgIpc) is 2.52. The highest BCUT2D eigenvalue weighted by molar-refractivity contribution is 7.53. The lowest BCUT2D eigenvalue weighted by Gasteiger charge is -2.27. The zero-order chi connectivity index (χ0) is 16.2. The lowest BCUT2D eigenvalue weighted by molar-refractivity contribution is 0.371. The molecule has 0 saturated carbocycles. The second-order valence-corrected chi connectivity index (χ2v) is 5.65. The molecule has 0 amide bonds. The maximum atomic E-state index is 11.7. The summed E-state index contributed by atoms with van der Waals surface area (Å²) < 4.78 is 12.4. The van der Waals surface area contributed by atoms with Crippen molar-refractivity contribution in [1.82, 2.24) is 0 Å². The molecule has 2 rings (SSSR count). The highest BCUT2D eigenvalue weighted by Gasteiger charge is 2.27. The van der Waals surface area contributed by atoms with Crippen LogP contribution in [0.5, 0.6) is 0 Å². The fourth-order valence-corrected chi connectivity index (χ4v) is 2.48. The van der Waals surface area contributed by atoms with Crippen molar-refractivity contribution >= 4 is 19.1 Å². The minimum Gasteiger partial charge on any atom is -0.307 e. The van der Waals surface area contributed by atoms with E-state index in [1.54, 1.807) is 18.2 Å². The molecule has 7 nitrogen and oxygen atoms in total. The fraction of sp³-hybridized carbons (Fsp3) is 0. The molecule has 0 radical (unpaired) electrons. The molecule has 0 aliphatic carbocycles. The molecule has 0 spiro atoms. The SMILES string of the molecule is N#Cc1cccc(C#N)c1NN(c1ccccc1)P(=O)(O)O. The molecule has 0 fully saturated rings. The van der Waals surface area contributed by atoms with Gasteiger partial charge < -0.3 is 9.79 Å². The van der Waals surface area contributed by atoms with Crippen LogP contribution in [-0.4, -0.2) is 9.79 Å². The Morgan fingerprint density at radius 3 is 1.95 bits per heavy atom. The lowest BCUT2D eigenvalue weighted by atomic mass is 10.1. The third kappa shape index (κ3) is 3.25. The molecule has 0 unspecified atom stereocenters. The Hall–Kier alpha value is -2.83. The largest absolute Gasteiger partial charge is 0.448 e. The van der Waals surface area contributed by atoms with E-state index in [0.29, 0.717) is 4.78 Å². The molecule has 110 valence electrons. The first-order valence-electron chi connectivity index (χ1n) is 6.08. The Kier molecular flexibility index (Phi) is 4.45. The van der Waals surface area contributed by atoms with Crippen molar-refractivity contribution in [1.29, 1.82) is 10.5 Å². The van der Waals surface area contributed by atoms with Crippen LogP contribution < -0.4 is 10.2 Å². The second-order valence-electron chi connectivity index (χ2n) is 4.22. The third-order valence-electron chi connectivity index (χ3n) is 2.78. The first-order chi connectivity index (χ1) is 10.5. The molecule has 3 N–H and O–H groups in total. The molecule has 0 saturated heterocycles. The van der Waals surface area contributed by atoms with Gasteiger partial charge in [0, 0.05) is 0 Å². The van der Waals surface area contributed by atoms with Gasteiger partial charge in [-0.15, -0.1) is 0 Å². The summed E-state index contributed by atoms with van der Waals surface area (Å²) in [4.78, 5) is 19.1. The number of nitrogens with zero attached hydrogens (tertiary/aromatic N) is 3. The molecule has 2 aromatic carbocycles. The number of anilines is 2. The molecule has 0 bridgehead atoms. The lowest BCUT2D eigenvalue weighted by Crippen LogP contribution is -2.27. The van der Waals surface area contributed by atoms with Crippen LogP contribution in [0.3, 0.4) is 0 Å². The van der Waals surface area contributed by atoms with Crippen molar-refractivity contribution in [3.63, 3.8) is 0 Å². The van der Waals surface area contributed by atoms with Crippen molar-refractivity contribution < 1.29 is 14.4 Å². The van der Waals surface area contributed by atoms with Gasteiger partial charge in [0.05, 0.1) is 22.5 Å². The first kappa shape index (κ1) is 15.6. The van der Waals surface area contributed by atoms with Gasteiger partial charge in [0.1, 0.15) is 12.1 Å². The molecule has 0 aromatic heterocycles. The average molecular weight is 314 g/mol. The van der Waals surface area contributed by atoms with E-state index in [1.165, 1.54) is 30.3 Å². The topological polar surface area (TPSA) is 120 Å². The van der Waals surface area contributed by atoms with Crippen molar-refractivity contribution in [2.45, 2.75) is 0 Å². The molecule has 22 heavy (non-hydrogen) atoms. The van der Waals surface area contributed by atoms with E-state index < -0.39 is 7.75 Å². The summed E-state index contributed by atoms with van der Waals surface area (Å²) in [5.41, 5.74) is 2.95. The summed E-state index contributed by atoms with van der Waals surface area (Å²) in [5.74, 6) is 0. The summed E-state index contributed by atoms with van der Waals surface area (Å²) in [5, 5.41) is 18.2. The summed E-state index contributed by atoms with van der Waals surface area (Å²) in [6.07, 6.45) is 0. The van der Waals surface area contributed by atoms with Gasteiger partial charge in [-0.05, 0) is 24.3 Å². The highest BCUT2D eigenvalue weighted by atomic mass is 31.2. The van der Waals surface area contributed by atoms with Gasteiger partial charge in [-0.25, -0.2) is 4.57 Å². The number of hydrogen-bond acceptors (Lipinski definition) is 4. The maximum Gasteiger partial charge on any atom is 0.448 e. The molecule has 0 heterocycles. The minimum absolute atomic E-state index is 0.0414. The molecular formula is C14H11N4O3P. The van der Waals surface area contributed by atoms with E-state index >= 15 is 0 Å². The second kappa shape index (κ2) is 6.30. The smallest absolute Gasteiger partial charge is 0.307 e. The standard InChI is InChI=1S/C14H11N4O3P/c15-9-11-5-4-6-12(10-16)14(11)17-18(22(19,20)21)13-7-2-1-3-8-13/h1-8,17H,(H2,19,20,21). The van der Waals surface area contributed by atoms with Crippen LogP contribution in [0.15, 0.2) is 48.5 Å². The van der Waals surface area contributed by atoms with E-state index in [1.807, 2.05) is 12.1 Å². The van der Waals surface area contributed by atoms with Crippen LogP contribution in [0.4, 0.5) is 11.4 Å². The maximum absolute atomic E-state index is 11.7. The monoisotopic (exact) mass is 314 g/mol. The highest BCUT2D eigenvalue weighted by Crippen LogP contribution is 2.44. The van der Waals surface area contributed by atoms with Crippen LogP contribution >= 0.6 is 7.75 Å². The van der Waals surface area contributed by atoms with E-state index in [9.17, 15) is 14.4 Å². The van der Waals surface area contributed by atoms with Crippen LogP contribution in [0.2, 0.25) is 0 Å². The van der Waals surface area contributed by atoms with E-state index in [2.05, 4.69) is 5.43 Å². The Labute approximate surface area is 126 Å². The molecule has 0 aliphatic heterocycles. The van der Waals surface area contributed by atoms with Gasteiger partial charge in [-0.3, -0.25) is 5.43 Å². The zero-order valence-electron chi connectivity index (χ0n) is 11.2. The zero-order valence-corrected chi connectivity index (χ0v) is 12.1. The molecule has 0 atom stereocenters. The van der Waals surface area contributed by atoms with Crippen LogP contribution in [0.1, 0.15) is 11.1 Å². The number of nitriles is 2. The van der Waals surface area contributed by atoms with Gasteiger partial charge >= 0.3 is 7.75 Å². The van der Waals surface area contributed by atoms with Crippen molar-refractivity contribution in [2.75, 3.05) is 10.2 Å². The molecule has 2 aromatic rings. The summed E-state index contributed by atoms with van der Waals surface area (Å²) in [7, 11) is -4.72. The summed E-state index contributed by atoms with van der Waals surface area (Å²) >= 11 is 0. The van der Waals surface area contributed by atoms with E-state index in [-0.39, 0.29) is 22.5 Å². The first-order valence-corrected chi connectivity index (χ1v) is 7.65. The summed E-state index contributed by atoms with van der Waals surface area (Å²) in [6, 6.07) is 16.1. The van der Waals surface area contributed by atoms with Gasteiger partial charge in [0.2, 0.25) is 0 Å². The van der Waals surface area contributed by atoms with Gasteiger partial charge in [-0.1, -0.05) is 24.3 Å². The van der Waals surface area contributed by atoms with Crippen LogP contribution in [-0.2, 0) is 4.57 Å². The quantitative estimate of drug-likeness (QED) is 0.585. The van der Waals surface area contributed by atoms with E-state index in [4.69, 9.17) is 10.5 Å². The number of hydrazine groups is 1. The van der Waals surface area contributed by atoms with Crippen LogP contribution in [0.25, 0.3) is 0 Å². The number of rotatable bonds is 4. The normalized spacial score (nSPS) is 10.4. The van der Waals surface area contributed by atoms with Crippen molar-refractivity contribution in [3.05, 3.63) is 59.7 Å². The van der Waals surface area contributed by atoms with E-state index in [0.717, 1.165) is 0 Å². The minimum atomic E-state index is -4.72. The summed E-state index contributed by atoms with van der Waals surface area (Å²) in [6.45, 7) is 0. The fourth-order valence-electron chi connectivity index (χ4n) is 1.81. The Morgan fingerprint density at radius 2 is 1.50 bits per heavy atom. The Balaban J connectivity index is 2.53. The predicted octanol–water partition coefficient (Wildman–Crippen LogP) is 2.36. The van der Waals surface area contributed by atoms with Gasteiger partial charge in [0.15, 0.2) is 0 Å². The molecular weight excluding hydrogens is 303 g/mol. The Morgan fingerprint density at radius 1 is 0.955 bits per heavy atom. The molecule has 8 heteroatoms. The number of hydrogen-bond donors (Lipinski definition) is 3. The number of nitrogens with one attached hydrogen (secondary N) is 1. The van der Waals surface area contributed by atoms with Gasteiger partial charge in [0.25, 0.3) is 0 Å². The third-order valence-corrected chi connectivity index (χ3v) is 3.64. The van der Waals surface area contributed by atoms with Crippen molar-refractivity contribution in [2.24, 2.45) is 0 Å². The van der Waals surface area contributed by atoms with Crippen LogP contribution in [0, 0.1) is 22.7 Å². The number of para-hydroxylation sites is 2. The predicted molar refractivity (Wildman–Crippen MR) is 80.5 cm³/mol. The van der Waals surface area contributed by atoms with Gasteiger partial charge in [-0.2, -0.15) is 15.3 Å². The van der Waals surface area contributed by atoms with Crippen molar-refractivity contribution in [3.8, 4) is 12.1 Å².